The second kappa shape index (κ2) is 10.2. The third-order valence-electron chi connectivity index (χ3n) is 3.55. The van der Waals surface area contributed by atoms with Gasteiger partial charge in [-0.15, -0.1) is 0 Å². The van der Waals surface area contributed by atoms with E-state index >= 15 is 0 Å². The predicted octanol–water partition coefficient (Wildman–Crippen LogP) is 2.41. The molecule has 0 aliphatic carbocycles. The van der Waals surface area contributed by atoms with Crippen LogP contribution < -0.4 is 20.1 Å². The van der Waals surface area contributed by atoms with Gasteiger partial charge in [-0.2, -0.15) is 5.26 Å². The van der Waals surface area contributed by atoms with E-state index < -0.39 is 11.9 Å². The minimum absolute atomic E-state index is 0.0362. The number of nitriles is 1. The smallest absolute Gasteiger partial charge is 0.335 e. The fourth-order valence-electron chi connectivity index (χ4n) is 2.15. The Labute approximate surface area is 162 Å². The zero-order valence-electron chi connectivity index (χ0n) is 15.1. The number of rotatable bonds is 9. The fourth-order valence-corrected chi connectivity index (χ4v) is 2.15. The second-order valence-electron chi connectivity index (χ2n) is 5.49. The first-order valence-electron chi connectivity index (χ1n) is 8.28. The number of hydrogen-bond donors (Lipinski definition) is 3. The van der Waals surface area contributed by atoms with Gasteiger partial charge in [0.15, 0.2) is 0 Å². The summed E-state index contributed by atoms with van der Waals surface area (Å²) < 4.78 is 10.6. The summed E-state index contributed by atoms with van der Waals surface area (Å²) in [7, 11) is 1.58. The lowest BCUT2D eigenvalue weighted by molar-refractivity contribution is -0.112. The average Bonchev–Trinajstić information content (AvgIpc) is 2.71. The minimum atomic E-state index is -1.11. The number of carboxylic acids is 1. The Bertz CT molecular complexity index is 901. The van der Waals surface area contributed by atoms with Gasteiger partial charge in [-0.05, 0) is 42.5 Å². The van der Waals surface area contributed by atoms with Crippen molar-refractivity contribution in [2.45, 2.75) is 0 Å². The molecule has 0 atom stereocenters. The number of carboxylic acid groups (broad SMARTS) is 1. The Hall–Kier alpha value is -3.99. The van der Waals surface area contributed by atoms with E-state index in [1.807, 2.05) is 0 Å². The molecule has 0 saturated heterocycles. The molecular weight excluding hydrogens is 362 g/mol. The minimum Gasteiger partial charge on any atom is -0.497 e. The molecule has 0 radical (unpaired) electrons. The van der Waals surface area contributed by atoms with E-state index in [1.54, 1.807) is 37.4 Å². The van der Waals surface area contributed by atoms with Crippen molar-refractivity contribution in [3.63, 3.8) is 0 Å². The highest BCUT2D eigenvalue weighted by Gasteiger charge is 2.10. The Morgan fingerprint density at radius 3 is 2.54 bits per heavy atom. The summed E-state index contributed by atoms with van der Waals surface area (Å²) in [4.78, 5) is 23.1. The number of hydrogen-bond acceptors (Lipinski definition) is 6. The lowest BCUT2D eigenvalue weighted by Crippen LogP contribution is -2.20. The van der Waals surface area contributed by atoms with Crippen LogP contribution in [0.15, 0.2) is 60.3 Å². The highest BCUT2D eigenvalue weighted by atomic mass is 16.5. The van der Waals surface area contributed by atoms with Gasteiger partial charge in [0.1, 0.15) is 29.7 Å². The molecule has 2 rings (SSSR count). The maximum atomic E-state index is 12.1. The molecule has 0 aromatic heterocycles. The summed E-state index contributed by atoms with van der Waals surface area (Å²) in [6.07, 6.45) is 1.29. The molecule has 0 aliphatic rings. The number of anilines is 1. The topological polar surface area (TPSA) is 121 Å². The summed E-state index contributed by atoms with van der Waals surface area (Å²) >= 11 is 0. The van der Waals surface area contributed by atoms with E-state index in [2.05, 4.69) is 10.6 Å². The molecular formula is C20H19N3O5. The van der Waals surface area contributed by atoms with Crippen LogP contribution in [0, 0.1) is 11.3 Å². The second-order valence-corrected chi connectivity index (χ2v) is 5.49. The van der Waals surface area contributed by atoms with Crippen molar-refractivity contribution in [2.75, 3.05) is 25.6 Å². The van der Waals surface area contributed by atoms with E-state index in [-0.39, 0.29) is 16.8 Å². The number of carbonyl (C=O) groups excluding carboxylic acids is 1. The van der Waals surface area contributed by atoms with Crippen molar-refractivity contribution >= 4 is 17.6 Å². The molecule has 8 heteroatoms. The van der Waals surface area contributed by atoms with E-state index in [1.165, 1.54) is 30.5 Å². The number of ether oxygens (including phenoxy) is 2. The lowest BCUT2D eigenvalue weighted by atomic mass is 10.2. The van der Waals surface area contributed by atoms with Gasteiger partial charge in [0.25, 0.3) is 5.91 Å². The van der Waals surface area contributed by atoms with E-state index in [0.29, 0.717) is 18.9 Å². The monoisotopic (exact) mass is 381 g/mol. The van der Waals surface area contributed by atoms with Crippen molar-refractivity contribution in [2.24, 2.45) is 0 Å². The number of nitrogens with one attached hydrogen (secondary N) is 2. The summed E-state index contributed by atoms with van der Waals surface area (Å²) in [6, 6.07) is 14.7. The molecule has 3 N–H and O–H groups in total. The van der Waals surface area contributed by atoms with Gasteiger partial charge >= 0.3 is 5.97 Å². The van der Waals surface area contributed by atoms with Gasteiger partial charge in [0, 0.05) is 18.4 Å². The largest absolute Gasteiger partial charge is 0.497 e. The van der Waals surface area contributed by atoms with Crippen LogP contribution in [-0.2, 0) is 4.79 Å². The molecule has 28 heavy (non-hydrogen) atoms. The van der Waals surface area contributed by atoms with Crippen molar-refractivity contribution in [1.29, 1.82) is 5.26 Å². The standard InChI is InChI=1S/C20H19N3O5/c1-27-17-5-7-18(8-6-17)28-10-9-22-13-15(12-21)19(24)23-16-4-2-3-14(11-16)20(25)26/h2-8,11,13,22H,9-10H2,1H3,(H,23,24)(H,25,26)/b15-13-. The highest BCUT2D eigenvalue weighted by molar-refractivity contribution is 6.06. The van der Waals surface area contributed by atoms with Crippen LogP contribution in [0.1, 0.15) is 10.4 Å². The molecule has 0 bridgehead atoms. The highest BCUT2D eigenvalue weighted by Crippen LogP contribution is 2.16. The maximum absolute atomic E-state index is 12.1. The molecule has 0 saturated carbocycles. The van der Waals surface area contributed by atoms with Crippen LogP contribution in [-0.4, -0.2) is 37.2 Å². The summed E-state index contributed by atoms with van der Waals surface area (Å²) in [5, 5.41) is 23.4. The van der Waals surface area contributed by atoms with Crippen LogP contribution in [0.4, 0.5) is 5.69 Å². The fraction of sp³-hybridized carbons (Fsp3) is 0.150. The first kappa shape index (κ1) is 20.3. The Morgan fingerprint density at radius 1 is 1.18 bits per heavy atom. The Balaban J connectivity index is 1.83. The van der Waals surface area contributed by atoms with Crippen molar-refractivity contribution < 1.29 is 24.2 Å². The summed E-state index contributed by atoms with van der Waals surface area (Å²) in [6.45, 7) is 0.697. The van der Waals surface area contributed by atoms with E-state index in [9.17, 15) is 9.59 Å². The maximum Gasteiger partial charge on any atom is 0.335 e. The summed E-state index contributed by atoms with van der Waals surface area (Å²) in [5.74, 6) is -0.352. The number of carbonyl (C=O) groups is 2. The molecule has 2 aromatic carbocycles. The van der Waals surface area contributed by atoms with Gasteiger partial charge in [0.2, 0.25) is 0 Å². The average molecular weight is 381 g/mol. The molecule has 8 nitrogen and oxygen atoms in total. The number of amides is 1. The van der Waals surface area contributed by atoms with Crippen LogP contribution in [0.25, 0.3) is 0 Å². The number of nitrogens with zero attached hydrogens (tertiary/aromatic N) is 1. The van der Waals surface area contributed by atoms with Crippen LogP contribution >= 0.6 is 0 Å². The van der Waals surface area contributed by atoms with Crippen molar-refractivity contribution in [1.82, 2.24) is 5.32 Å². The molecule has 2 aromatic rings. The molecule has 144 valence electrons. The lowest BCUT2D eigenvalue weighted by Gasteiger charge is -2.08. The molecule has 0 spiro atoms. The van der Waals surface area contributed by atoms with Gasteiger partial charge < -0.3 is 25.2 Å². The van der Waals surface area contributed by atoms with Gasteiger partial charge in [-0.25, -0.2) is 4.79 Å². The molecule has 1 amide bonds. The van der Waals surface area contributed by atoms with Crippen molar-refractivity contribution in [3.8, 4) is 17.6 Å². The van der Waals surface area contributed by atoms with E-state index in [4.69, 9.17) is 19.8 Å². The molecule has 0 unspecified atom stereocenters. The molecule has 0 fully saturated rings. The zero-order valence-corrected chi connectivity index (χ0v) is 15.1. The number of benzene rings is 2. The van der Waals surface area contributed by atoms with E-state index in [0.717, 1.165) is 5.75 Å². The van der Waals surface area contributed by atoms with Crippen LogP contribution in [0.3, 0.4) is 0 Å². The first-order chi connectivity index (χ1) is 13.5. The quantitative estimate of drug-likeness (QED) is 0.346. The molecule has 0 heterocycles. The van der Waals surface area contributed by atoms with Gasteiger partial charge in [-0.3, -0.25) is 4.79 Å². The number of aromatic carboxylic acids is 1. The zero-order chi connectivity index (χ0) is 20.4. The van der Waals surface area contributed by atoms with Crippen LogP contribution in [0.2, 0.25) is 0 Å². The first-order valence-corrected chi connectivity index (χ1v) is 8.28. The summed E-state index contributed by atoms with van der Waals surface area (Å²) in [5.41, 5.74) is 0.174. The Kier molecular flexibility index (Phi) is 7.43. The Morgan fingerprint density at radius 2 is 1.89 bits per heavy atom. The van der Waals surface area contributed by atoms with Gasteiger partial charge in [0.05, 0.1) is 12.7 Å². The third kappa shape index (κ3) is 6.07. The van der Waals surface area contributed by atoms with Crippen molar-refractivity contribution in [3.05, 3.63) is 65.9 Å². The SMILES string of the molecule is COc1ccc(OCCN/C=C(/C#N)C(=O)Nc2cccc(C(=O)O)c2)cc1. The number of methoxy groups -OCH3 is 1. The normalized spacial score (nSPS) is 10.5. The molecule has 0 aliphatic heterocycles. The third-order valence-corrected chi connectivity index (χ3v) is 3.55. The van der Waals surface area contributed by atoms with Crippen LogP contribution in [0.5, 0.6) is 11.5 Å². The predicted molar refractivity (Wildman–Crippen MR) is 102 cm³/mol. The van der Waals surface area contributed by atoms with Gasteiger partial charge in [-0.1, -0.05) is 6.07 Å².